The van der Waals surface area contributed by atoms with E-state index in [2.05, 4.69) is 19.2 Å². The first-order valence-electron chi connectivity index (χ1n) is 8.19. The van der Waals surface area contributed by atoms with E-state index in [9.17, 15) is 4.79 Å². The summed E-state index contributed by atoms with van der Waals surface area (Å²) in [6.45, 7) is 8.14. The molecule has 0 heterocycles. The summed E-state index contributed by atoms with van der Waals surface area (Å²) in [5.74, 6) is 1.39. The van der Waals surface area contributed by atoms with E-state index < -0.39 is 0 Å². The number of methoxy groups -OCH3 is 1. The number of anilines is 1. The number of rotatable bonds is 6. The number of hydrogen-bond donors (Lipinski definition) is 1. The Morgan fingerprint density at radius 2 is 1.88 bits per heavy atom. The van der Waals surface area contributed by atoms with Gasteiger partial charge in [-0.2, -0.15) is 0 Å². The predicted molar refractivity (Wildman–Crippen MR) is 102 cm³/mol. The molecule has 0 aliphatic carbocycles. The molecule has 0 aliphatic heterocycles. The summed E-state index contributed by atoms with van der Waals surface area (Å²) < 4.78 is 10.9. The number of amides is 1. The lowest BCUT2D eigenvalue weighted by atomic mass is 9.98. The van der Waals surface area contributed by atoms with E-state index in [1.807, 2.05) is 32.0 Å². The molecule has 1 N–H and O–H groups in total. The fourth-order valence-electron chi connectivity index (χ4n) is 2.65. The summed E-state index contributed by atoms with van der Waals surface area (Å²) in [5.41, 5.74) is 3.86. The van der Waals surface area contributed by atoms with Crippen molar-refractivity contribution in [2.45, 2.75) is 33.6 Å². The van der Waals surface area contributed by atoms with E-state index >= 15 is 0 Å². The third kappa shape index (κ3) is 4.89. The number of carbonyl (C=O) groups excluding carboxylic acids is 1. The van der Waals surface area contributed by atoms with Crippen LogP contribution in [0.3, 0.4) is 0 Å². The molecule has 2 rings (SSSR count). The van der Waals surface area contributed by atoms with Gasteiger partial charge in [0.15, 0.2) is 6.61 Å². The number of benzene rings is 2. The van der Waals surface area contributed by atoms with Crippen LogP contribution in [0.2, 0.25) is 5.02 Å². The Labute approximate surface area is 154 Å². The predicted octanol–water partition coefficient (Wildman–Crippen LogP) is 5.11. The molecule has 5 heteroatoms. The van der Waals surface area contributed by atoms with Gasteiger partial charge in [0.1, 0.15) is 11.5 Å². The summed E-state index contributed by atoms with van der Waals surface area (Å²) in [6.07, 6.45) is 0. The minimum Gasteiger partial charge on any atom is -0.495 e. The van der Waals surface area contributed by atoms with Gasteiger partial charge in [-0.25, -0.2) is 0 Å². The molecule has 0 aromatic heterocycles. The Morgan fingerprint density at radius 3 is 2.48 bits per heavy atom. The molecule has 0 bridgehead atoms. The molecule has 0 saturated heterocycles. The molecule has 2 aromatic rings. The van der Waals surface area contributed by atoms with Gasteiger partial charge in [-0.3, -0.25) is 4.79 Å². The van der Waals surface area contributed by atoms with Gasteiger partial charge >= 0.3 is 0 Å². The van der Waals surface area contributed by atoms with Gasteiger partial charge in [0.2, 0.25) is 0 Å². The van der Waals surface area contributed by atoms with Crippen LogP contribution in [-0.2, 0) is 4.79 Å². The highest BCUT2D eigenvalue weighted by Crippen LogP contribution is 2.31. The fourth-order valence-corrected chi connectivity index (χ4v) is 2.80. The number of nitrogens with one attached hydrogen (secondary N) is 1. The number of aryl methyl sites for hydroxylation is 2. The SMILES string of the molecule is COc1cc(Cl)c(C)cc1NC(=O)COc1ccc(C(C)C)c(C)c1. The maximum absolute atomic E-state index is 12.2. The van der Waals surface area contributed by atoms with Crippen molar-refractivity contribution in [2.75, 3.05) is 19.0 Å². The number of ether oxygens (including phenoxy) is 2. The Morgan fingerprint density at radius 1 is 1.16 bits per heavy atom. The van der Waals surface area contributed by atoms with Gasteiger partial charge in [0.25, 0.3) is 5.91 Å². The molecule has 1 amide bonds. The number of halogens is 1. The summed E-state index contributed by atoms with van der Waals surface area (Å²) >= 11 is 6.07. The Balaban J connectivity index is 2.02. The average Bonchev–Trinajstić information content (AvgIpc) is 2.55. The van der Waals surface area contributed by atoms with Crippen molar-refractivity contribution in [3.05, 3.63) is 52.0 Å². The highest BCUT2D eigenvalue weighted by molar-refractivity contribution is 6.31. The van der Waals surface area contributed by atoms with Crippen LogP contribution in [0, 0.1) is 13.8 Å². The van der Waals surface area contributed by atoms with Crippen LogP contribution < -0.4 is 14.8 Å². The van der Waals surface area contributed by atoms with Crippen LogP contribution in [0.25, 0.3) is 0 Å². The minimum atomic E-state index is -0.259. The lowest BCUT2D eigenvalue weighted by molar-refractivity contribution is -0.118. The molecule has 0 radical (unpaired) electrons. The van der Waals surface area contributed by atoms with Crippen LogP contribution in [-0.4, -0.2) is 19.6 Å². The van der Waals surface area contributed by atoms with Crippen molar-refractivity contribution in [3.63, 3.8) is 0 Å². The van der Waals surface area contributed by atoms with Gasteiger partial charge in [-0.15, -0.1) is 0 Å². The first-order chi connectivity index (χ1) is 11.8. The fraction of sp³-hybridized carbons (Fsp3) is 0.350. The second-order valence-corrected chi connectivity index (χ2v) is 6.72. The molecule has 0 spiro atoms. The van der Waals surface area contributed by atoms with Crippen molar-refractivity contribution in [1.29, 1.82) is 0 Å². The molecule has 4 nitrogen and oxygen atoms in total. The van der Waals surface area contributed by atoms with Gasteiger partial charge < -0.3 is 14.8 Å². The molecule has 0 atom stereocenters. The molecule has 0 saturated carbocycles. The first-order valence-corrected chi connectivity index (χ1v) is 8.57. The second-order valence-electron chi connectivity index (χ2n) is 6.31. The topological polar surface area (TPSA) is 47.6 Å². The summed E-state index contributed by atoms with van der Waals surface area (Å²) in [5, 5.41) is 3.39. The maximum atomic E-state index is 12.2. The van der Waals surface area contributed by atoms with E-state index in [4.69, 9.17) is 21.1 Å². The Kier molecular flexibility index (Phi) is 6.32. The van der Waals surface area contributed by atoms with Gasteiger partial charge in [-0.1, -0.05) is 31.5 Å². The lowest BCUT2D eigenvalue weighted by Crippen LogP contribution is -2.20. The number of hydrogen-bond acceptors (Lipinski definition) is 3. The van der Waals surface area contributed by atoms with Crippen LogP contribution in [0.1, 0.15) is 36.5 Å². The number of carbonyl (C=O) groups is 1. The van der Waals surface area contributed by atoms with E-state index in [-0.39, 0.29) is 12.5 Å². The van der Waals surface area contributed by atoms with Crippen LogP contribution in [0.5, 0.6) is 11.5 Å². The van der Waals surface area contributed by atoms with Crippen molar-refractivity contribution in [2.24, 2.45) is 0 Å². The average molecular weight is 362 g/mol. The normalized spacial score (nSPS) is 10.7. The highest BCUT2D eigenvalue weighted by Gasteiger charge is 2.11. The second kappa shape index (κ2) is 8.26. The van der Waals surface area contributed by atoms with Crippen molar-refractivity contribution in [3.8, 4) is 11.5 Å². The molecular formula is C20H24ClNO3. The standard InChI is InChI=1S/C20H24ClNO3/c1-12(2)16-7-6-15(8-13(16)3)25-11-20(23)22-18-9-14(4)17(21)10-19(18)24-5/h6-10,12H,11H2,1-5H3,(H,22,23). The van der Waals surface area contributed by atoms with Crippen LogP contribution in [0.4, 0.5) is 5.69 Å². The molecule has 134 valence electrons. The third-order valence-electron chi connectivity index (χ3n) is 3.99. The zero-order valence-electron chi connectivity index (χ0n) is 15.3. The van der Waals surface area contributed by atoms with Crippen molar-refractivity contribution < 1.29 is 14.3 Å². The highest BCUT2D eigenvalue weighted by atomic mass is 35.5. The zero-order valence-corrected chi connectivity index (χ0v) is 16.0. The molecular weight excluding hydrogens is 338 g/mol. The lowest BCUT2D eigenvalue weighted by Gasteiger charge is -2.14. The summed E-state index contributed by atoms with van der Waals surface area (Å²) in [7, 11) is 1.53. The van der Waals surface area contributed by atoms with E-state index in [0.29, 0.717) is 28.1 Å². The smallest absolute Gasteiger partial charge is 0.262 e. The van der Waals surface area contributed by atoms with E-state index in [1.54, 1.807) is 12.1 Å². The monoisotopic (exact) mass is 361 g/mol. The maximum Gasteiger partial charge on any atom is 0.262 e. The molecule has 0 unspecified atom stereocenters. The quantitative estimate of drug-likeness (QED) is 0.778. The molecule has 0 fully saturated rings. The minimum absolute atomic E-state index is 0.0781. The van der Waals surface area contributed by atoms with Gasteiger partial charge in [-0.05, 0) is 54.7 Å². The zero-order chi connectivity index (χ0) is 18.6. The Hall–Kier alpha value is -2.20. The summed E-state index contributed by atoms with van der Waals surface area (Å²) in [4.78, 5) is 12.2. The molecule has 2 aromatic carbocycles. The van der Waals surface area contributed by atoms with Crippen molar-refractivity contribution in [1.82, 2.24) is 0 Å². The summed E-state index contributed by atoms with van der Waals surface area (Å²) in [6, 6.07) is 9.35. The van der Waals surface area contributed by atoms with Crippen LogP contribution in [0.15, 0.2) is 30.3 Å². The van der Waals surface area contributed by atoms with Crippen LogP contribution >= 0.6 is 11.6 Å². The Bertz CT molecular complexity index is 772. The van der Waals surface area contributed by atoms with E-state index in [1.165, 1.54) is 12.7 Å². The van der Waals surface area contributed by atoms with Gasteiger partial charge in [0, 0.05) is 11.1 Å². The van der Waals surface area contributed by atoms with E-state index in [0.717, 1.165) is 11.1 Å². The first kappa shape index (κ1) is 19.1. The molecule has 0 aliphatic rings. The third-order valence-corrected chi connectivity index (χ3v) is 4.40. The molecule has 25 heavy (non-hydrogen) atoms. The van der Waals surface area contributed by atoms with Gasteiger partial charge in [0.05, 0.1) is 12.8 Å². The largest absolute Gasteiger partial charge is 0.495 e. The van der Waals surface area contributed by atoms with Crippen molar-refractivity contribution >= 4 is 23.2 Å².